The Morgan fingerprint density at radius 1 is 1.22 bits per heavy atom. The summed E-state index contributed by atoms with van der Waals surface area (Å²) in [5.74, 6) is 1.59. The van der Waals surface area contributed by atoms with E-state index in [4.69, 9.17) is 9.47 Å². The lowest BCUT2D eigenvalue weighted by Gasteiger charge is -2.22. The molecule has 0 saturated heterocycles. The lowest BCUT2D eigenvalue weighted by Crippen LogP contribution is -2.31. The minimum atomic E-state index is -0.111. The molecule has 4 heteroatoms. The Morgan fingerprint density at radius 2 is 1.94 bits per heavy atom. The molecule has 0 heterocycles. The second-order valence-electron chi connectivity index (χ2n) is 5.10. The molecule has 0 aliphatic carbocycles. The fourth-order valence-corrected chi connectivity index (χ4v) is 1.59. The number of benzene rings is 1. The smallest absolute Gasteiger partial charge is 0.127 e. The van der Waals surface area contributed by atoms with Crippen LogP contribution >= 0.6 is 0 Å². The normalized spacial score (nSPS) is 11.4. The lowest BCUT2D eigenvalue weighted by atomic mass is 9.95. The Bertz CT molecular complexity index is 377. The molecule has 0 bridgehead atoms. The number of aliphatic hydroxyl groups excluding tert-OH is 1. The van der Waals surface area contributed by atoms with Gasteiger partial charge in [-0.3, -0.25) is 0 Å². The molecule has 1 aromatic rings. The van der Waals surface area contributed by atoms with Crippen LogP contribution < -0.4 is 14.8 Å². The number of ether oxygens (including phenoxy) is 2. The average Bonchev–Trinajstić information content (AvgIpc) is 2.38. The molecule has 1 aromatic carbocycles. The summed E-state index contributed by atoms with van der Waals surface area (Å²) >= 11 is 0. The number of aliphatic hydroxyl groups is 1. The summed E-state index contributed by atoms with van der Waals surface area (Å²) in [5, 5.41) is 12.5. The van der Waals surface area contributed by atoms with Gasteiger partial charge in [-0.25, -0.2) is 0 Å². The molecule has 2 N–H and O–H groups in total. The van der Waals surface area contributed by atoms with E-state index in [-0.39, 0.29) is 12.0 Å². The molecule has 0 atom stereocenters. The Morgan fingerprint density at radius 3 is 2.50 bits per heavy atom. The zero-order valence-electron chi connectivity index (χ0n) is 11.6. The summed E-state index contributed by atoms with van der Waals surface area (Å²) in [7, 11) is 3.28. The molecule has 18 heavy (non-hydrogen) atoms. The molecule has 0 aliphatic rings. The summed E-state index contributed by atoms with van der Waals surface area (Å²) in [6, 6.07) is 5.77. The van der Waals surface area contributed by atoms with Gasteiger partial charge in [-0.15, -0.1) is 0 Å². The first kappa shape index (κ1) is 14.8. The van der Waals surface area contributed by atoms with E-state index in [1.54, 1.807) is 14.2 Å². The van der Waals surface area contributed by atoms with Crippen LogP contribution in [0.15, 0.2) is 18.2 Å². The minimum absolute atomic E-state index is 0.111. The first-order chi connectivity index (χ1) is 8.52. The van der Waals surface area contributed by atoms with E-state index in [1.807, 2.05) is 32.0 Å². The van der Waals surface area contributed by atoms with Crippen LogP contribution in [0, 0.1) is 5.41 Å². The second kappa shape index (κ2) is 6.61. The zero-order valence-corrected chi connectivity index (χ0v) is 11.6. The van der Waals surface area contributed by atoms with Gasteiger partial charge in [-0.2, -0.15) is 0 Å². The van der Waals surface area contributed by atoms with E-state index in [9.17, 15) is 5.11 Å². The fraction of sp³-hybridized carbons (Fsp3) is 0.571. The molecule has 1 rings (SSSR count). The van der Waals surface area contributed by atoms with Crippen LogP contribution in [-0.2, 0) is 6.54 Å². The van der Waals surface area contributed by atoms with Crippen molar-refractivity contribution in [1.82, 2.24) is 5.32 Å². The van der Waals surface area contributed by atoms with E-state index in [2.05, 4.69) is 5.32 Å². The van der Waals surface area contributed by atoms with Crippen LogP contribution in [0.5, 0.6) is 11.5 Å². The van der Waals surface area contributed by atoms with Crippen molar-refractivity contribution in [2.75, 3.05) is 27.4 Å². The third-order valence-corrected chi connectivity index (χ3v) is 2.84. The van der Waals surface area contributed by atoms with Gasteiger partial charge in [0.1, 0.15) is 11.5 Å². The van der Waals surface area contributed by atoms with Gasteiger partial charge >= 0.3 is 0 Å². The molecule has 0 fully saturated rings. The van der Waals surface area contributed by atoms with E-state index in [1.165, 1.54) is 0 Å². The highest BCUT2D eigenvalue weighted by Crippen LogP contribution is 2.24. The Hall–Kier alpha value is -1.26. The van der Waals surface area contributed by atoms with Gasteiger partial charge in [-0.05, 0) is 6.07 Å². The molecule has 0 amide bonds. The number of methoxy groups -OCH3 is 2. The molecule has 102 valence electrons. The molecule has 4 nitrogen and oxygen atoms in total. The Balaban J connectivity index is 2.62. The SMILES string of the molecule is COc1ccc(CNCC(C)(C)CO)c(OC)c1. The van der Waals surface area contributed by atoms with Crippen LogP contribution in [0.25, 0.3) is 0 Å². The maximum Gasteiger partial charge on any atom is 0.127 e. The lowest BCUT2D eigenvalue weighted by molar-refractivity contribution is 0.156. The van der Waals surface area contributed by atoms with Crippen LogP contribution in [0.3, 0.4) is 0 Å². The third-order valence-electron chi connectivity index (χ3n) is 2.84. The van der Waals surface area contributed by atoms with Crippen LogP contribution in [-0.4, -0.2) is 32.5 Å². The number of hydrogen-bond acceptors (Lipinski definition) is 4. The highest BCUT2D eigenvalue weighted by molar-refractivity contribution is 5.40. The Labute approximate surface area is 109 Å². The predicted molar refractivity (Wildman–Crippen MR) is 72.1 cm³/mol. The topological polar surface area (TPSA) is 50.7 Å². The summed E-state index contributed by atoms with van der Waals surface area (Å²) in [6.07, 6.45) is 0. The maximum absolute atomic E-state index is 9.18. The summed E-state index contributed by atoms with van der Waals surface area (Å²) in [4.78, 5) is 0. The van der Waals surface area contributed by atoms with E-state index >= 15 is 0 Å². The number of rotatable bonds is 7. The quantitative estimate of drug-likeness (QED) is 0.778. The first-order valence-corrected chi connectivity index (χ1v) is 6.05. The maximum atomic E-state index is 9.18. The second-order valence-corrected chi connectivity index (χ2v) is 5.10. The summed E-state index contributed by atoms with van der Waals surface area (Å²) in [5.41, 5.74) is 0.965. The third kappa shape index (κ3) is 4.20. The van der Waals surface area contributed by atoms with Gasteiger partial charge in [0.05, 0.1) is 14.2 Å². The van der Waals surface area contributed by atoms with Crippen molar-refractivity contribution in [2.45, 2.75) is 20.4 Å². The van der Waals surface area contributed by atoms with Crippen LogP contribution in [0.2, 0.25) is 0 Å². The summed E-state index contributed by atoms with van der Waals surface area (Å²) < 4.78 is 10.5. The predicted octanol–water partition coefficient (Wildman–Crippen LogP) is 1.81. The standard InChI is InChI=1S/C14H23NO3/c1-14(2,10-16)9-15-8-11-5-6-12(17-3)7-13(11)18-4/h5-7,15-16H,8-10H2,1-4H3. The molecular weight excluding hydrogens is 230 g/mol. The highest BCUT2D eigenvalue weighted by atomic mass is 16.5. The monoisotopic (exact) mass is 253 g/mol. The highest BCUT2D eigenvalue weighted by Gasteiger charge is 2.15. The fourth-order valence-electron chi connectivity index (χ4n) is 1.59. The van der Waals surface area contributed by atoms with Gasteiger partial charge in [0, 0.05) is 36.7 Å². The molecule has 0 spiro atoms. The van der Waals surface area contributed by atoms with Crippen LogP contribution in [0.4, 0.5) is 0 Å². The van der Waals surface area contributed by atoms with Crippen molar-refractivity contribution in [3.63, 3.8) is 0 Å². The van der Waals surface area contributed by atoms with Crippen molar-refractivity contribution >= 4 is 0 Å². The first-order valence-electron chi connectivity index (χ1n) is 6.05. The van der Waals surface area contributed by atoms with Gasteiger partial charge < -0.3 is 19.9 Å². The average molecular weight is 253 g/mol. The van der Waals surface area contributed by atoms with Gasteiger partial charge in [0.2, 0.25) is 0 Å². The largest absolute Gasteiger partial charge is 0.497 e. The molecule has 0 aliphatic heterocycles. The van der Waals surface area contributed by atoms with Crippen molar-refractivity contribution in [3.05, 3.63) is 23.8 Å². The molecular formula is C14H23NO3. The zero-order chi connectivity index (χ0) is 13.6. The number of nitrogens with one attached hydrogen (secondary N) is 1. The number of hydrogen-bond donors (Lipinski definition) is 2. The van der Waals surface area contributed by atoms with Crippen molar-refractivity contribution in [1.29, 1.82) is 0 Å². The van der Waals surface area contributed by atoms with Crippen molar-refractivity contribution in [2.24, 2.45) is 5.41 Å². The molecule has 0 saturated carbocycles. The van der Waals surface area contributed by atoms with E-state index < -0.39 is 0 Å². The van der Waals surface area contributed by atoms with Crippen molar-refractivity contribution < 1.29 is 14.6 Å². The molecule has 0 aromatic heterocycles. The van der Waals surface area contributed by atoms with Gasteiger partial charge in [0.25, 0.3) is 0 Å². The van der Waals surface area contributed by atoms with Crippen molar-refractivity contribution in [3.8, 4) is 11.5 Å². The molecule has 0 radical (unpaired) electrons. The van der Waals surface area contributed by atoms with E-state index in [0.717, 1.165) is 23.6 Å². The minimum Gasteiger partial charge on any atom is -0.497 e. The molecule has 0 unspecified atom stereocenters. The van der Waals surface area contributed by atoms with E-state index in [0.29, 0.717) is 6.54 Å². The Kier molecular flexibility index (Phi) is 5.44. The van der Waals surface area contributed by atoms with Gasteiger partial charge in [0.15, 0.2) is 0 Å². The summed E-state index contributed by atoms with van der Waals surface area (Å²) in [6.45, 7) is 5.66. The van der Waals surface area contributed by atoms with Gasteiger partial charge in [-0.1, -0.05) is 19.9 Å². The van der Waals surface area contributed by atoms with Crippen LogP contribution in [0.1, 0.15) is 19.4 Å².